The molecule has 0 bridgehead atoms. The van der Waals surface area contributed by atoms with Crippen molar-refractivity contribution >= 4 is 29.6 Å². The first-order valence-electron chi connectivity index (χ1n) is 20.9. The molecule has 0 unspecified atom stereocenters. The first-order chi connectivity index (χ1) is 30.3. The zero-order chi connectivity index (χ0) is 44.5. The predicted octanol–water partition coefficient (Wildman–Crippen LogP) is 3.81. The lowest BCUT2D eigenvalue weighted by molar-refractivity contribution is -0.373. The molecule has 332 valence electrons. The lowest BCUT2D eigenvalue weighted by Crippen LogP contribution is -2.71. The zero-order valence-corrected chi connectivity index (χ0v) is 35.5. The number of imide groups is 2. The number of fused-ring (bicyclic) bond motifs is 1. The van der Waals surface area contributed by atoms with E-state index in [4.69, 9.17) is 37.9 Å². The summed E-state index contributed by atoms with van der Waals surface area (Å²) in [6.07, 6.45) is -11.7. The number of aliphatic hydroxyl groups excluding tert-OH is 1. The summed E-state index contributed by atoms with van der Waals surface area (Å²) >= 11 is 0. The molecule has 5 heterocycles. The van der Waals surface area contributed by atoms with Gasteiger partial charge in [-0.3, -0.25) is 33.8 Å². The molecule has 5 aliphatic heterocycles. The molecule has 3 saturated heterocycles. The minimum absolute atomic E-state index is 0.0719. The highest BCUT2D eigenvalue weighted by molar-refractivity contribution is 6.19. The van der Waals surface area contributed by atoms with Gasteiger partial charge in [0.05, 0.1) is 26.4 Å². The van der Waals surface area contributed by atoms with Crippen molar-refractivity contribution in [1.82, 2.24) is 9.80 Å². The van der Waals surface area contributed by atoms with Crippen LogP contribution in [0.4, 0.5) is 0 Å². The smallest absolute Gasteiger partial charge is 0.303 e. The molecular weight excluding hydrogens is 817 g/mol. The lowest BCUT2D eigenvalue weighted by atomic mass is 9.92. The quantitative estimate of drug-likeness (QED) is 0.193. The molecule has 1 N–H and O–H groups in total. The molecule has 11 atom stereocenters. The Labute approximate surface area is 364 Å². The lowest BCUT2D eigenvalue weighted by Gasteiger charge is -2.53. The summed E-state index contributed by atoms with van der Waals surface area (Å²) in [5, 5.41) is 11.9. The molecule has 0 radical (unpaired) electrons. The number of rotatable bonds is 13. The normalized spacial score (nSPS) is 31.2. The molecule has 3 aromatic rings. The molecule has 0 spiro atoms. The number of carbonyl (C=O) groups excluding carboxylic acids is 5. The minimum Gasteiger partial charge on any atom is -0.457 e. The van der Waals surface area contributed by atoms with E-state index in [1.54, 1.807) is 12.1 Å². The van der Waals surface area contributed by atoms with Gasteiger partial charge in [0.2, 0.25) is 0 Å². The molecule has 63 heavy (non-hydrogen) atoms. The Bertz CT molecular complexity index is 2220. The Balaban J connectivity index is 1.21. The largest absolute Gasteiger partial charge is 0.457 e. The Morgan fingerprint density at radius 1 is 0.667 bits per heavy atom. The number of aliphatic hydroxyl groups is 1. The van der Waals surface area contributed by atoms with Crippen molar-refractivity contribution in [2.75, 3.05) is 13.2 Å². The fourth-order valence-corrected chi connectivity index (χ4v) is 8.60. The van der Waals surface area contributed by atoms with Crippen LogP contribution in [0.15, 0.2) is 113 Å². The van der Waals surface area contributed by atoms with E-state index in [1.165, 1.54) is 34.6 Å². The number of nitrogens with zero attached hydrogens (tertiary/aromatic N) is 2. The first kappa shape index (κ1) is 44.2. The van der Waals surface area contributed by atoms with Crippen molar-refractivity contribution in [2.45, 2.75) is 115 Å². The van der Waals surface area contributed by atoms with Crippen LogP contribution >= 0.6 is 0 Å². The van der Waals surface area contributed by atoms with Gasteiger partial charge in [-0.25, -0.2) is 0 Å². The number of ether oxygens (including phenoxy) is 8. The van der Waals surface area contributed by atoms with Crippen LogP contribution in [-0.2, 0) is 75.1 Å². The maximum absolute atomic E-state index is 14.1. The number of hydrogen-bond acceptors (Lipinski definition) is 14. The van der Waals surface area contributed by atoms with Gasteiger partial charge in [0.1, 0.15) is 42.6 Å². The Morgan fingerprint density at radius 3 is 1.75 bits per heavy atom. The predicted molar refractivity (Wildman–Crippen MR) is 219 cm³/mol. The van der Waals surface area contributed by atoms with Crippen LogP contribution in [0, 0.1) is 0 Å². The topological polar surface area (TPSA) is 186 Å². The first-order valence-corrected chi connectivity index (χ1v) is 20.9. The third-order valence-corrected chi connectivity index (χ3v) is 12.2. The van der Waals surface area contributed by atoms with Crippen LogP contribution < -0.4 is 0 Å². The minimum atomic E-state index is -1.80. The van der Waals surface area contributed by atoms with E-state index in [1.807, 2.05) is 78.9 Å². The monoisotopic (exact) mass is 866 g/mol. The SMILES string of the molecule is CC(=O)O[C@H]1[C@@H]2O[C@H](c3ccccc3)OC[C@H]2O[C@@H](O[C@H]2[C@H](OCc3ccccc3)[C@@H](N3C(=O)C(C)=C(C)C3=O)[C@H](O)O[C@@H]2COCc2ccccc2)[C@@H]1N1C(=O)C(C)=C(C)C1=O. The summed E-state index contributed by atoms with van der Waals surface area (Å²) in [5.74, 6) is -3.38. The molecule has 16 nitrogen and oxygen atoms in total. The molecule has 5 aliphatic rings. The van der Waals surface area contributed by atoms with Crippen molar-refractivity contribution in [3.63, 3.8) is 0 Å². The van der Waals surface area contributed by atoms with Crippen molar-refractivity contribution in [2.24, 2.45) is 0 Å². The third kappa shape index (κ3) is 8.77. The number of benzene rings is 3. The maximum Gasteiger partial charge on any atom is 0.303 e. The number of carbonyl (C=O) groups is 5. The maximum atomic E-state index is 14.1. The summed E-state index contributed by atoms with van der Waals surface area (Å²) in [7, 11) is 0. The second kappa shape index (κ2) is 18.7. The van der Waals surface area contributed by atoms with Gasteiger partial charge in [-0.15, -0.1) is 0 Å². The van der Waals surface area contributed by atoms with Crippen molar-refractivity contribution in [3.8, 4) is 0 Å². The van der Waals surface area contributed by atoms with E-state index < -0.39 is 97.2 Å². The third-order valence-electron chi connectivity index (χ3n) is 12.2. The summed E-state index contributed by atoms with van der Waals surface area (Å²) < 4.78 is 51.4. The van der Waals surface area contributed by atoms with Crippen molar-refractivity contribution < 1.29 is 67.0 Å². The van der Waals surface area contributed by atoms with Crippen LogP contribution in [0.25, 0.3) is 0 Å². The molecule has 0 aliphatic carbocycles. The van der Waals surface area contributed by atoms with E-state index in [0.717, 1.165) is 20.9 Å². The highest BCUT2D eigenvalue weighted by Gasteiger charge is 2.61. The molecule has 16 heteroatoms. The van der Waals surface area contributed by atoms with E-state index in [9.17, 15) is 29.1 Å². The molecule has 0 aromatic heterocycles. The fourth-order valence-electron chi connectivity index (χ4n) is 8.60. The van der Waals surface area contributed by atoms with Crippen molar-refractivity contribution in [1.29, 1.82) is 0 Å². The second-order valence-electron chi connectivity index (χ2n) is 16.2. The highest BCUT2D eigenvalue weighted by Crippen LogP contribution is 2.42. The summed E-state index contributed by atoms with van der Waals surface area (Å²) in [4.78, 5) is 70.9. The van der Waals surface area contributed by atoms with E-state index in [2.05, 4.69) is 0 Å². The average molecular weight is 867 g/mol. The Hall–Kier alpha value is -5.43. The summed E-state index contributed by atoms with van der Waals surface area (Å²) in [5.41, 5.74) is 2.93. The van der Waals surface area contributed by atoms with Crippen LogP contribution in [0.5, 0.6) is 0 Å². The molecule has 4 amide bonds. The Morgan fingerprint density at radius 2 is 1.19 bits per heavy atom. The molecular formula is C47H50N2O14. The van der Waals surface area contributed by atoms with Gasteiger partial charge in [0, 0.05) is 34.8 Å². The summed E-state index contributed by atoms with van der Waals surface area (Å²) in [6, 6.07) is 24.6. The average Bonchev–Trinajstić information content (AvgIpc) is 3.60. The zero-order valence-electron chi connectivity index (χ0n) is 35.5. The number of hydrogen-bond donors (Lipinski definition) is 1. The van der Waals surface area contributed by atoms with Gasteiger partial charge in [-0.05, 0) is 38.8 Å². The van der Waals surface area contributed by atoms with E-state index in [0.29, 0.717) is 5.56 Å². The standard InChI is InChI=1S/C47H50N2O14/c1-25-26(2)42(52)48(41(25)51)35-39(57-22-31-17-11-7-12-18-31)37(33(60-45(35)55)23-56-21-30-15-9-6-10-16-30)63-47-36(49-43(53)27(3)28(4)44(49)54)40(59-29(5)50)38-34(61-47)24-58-46(62-38)32-19-13-8-14-20-32/h6-20,33-40,45-47,55H,21-24H2,1-5H3/t33-,34-,35-,36-,37-,38-,39-,40-,45-,46-,47+/m1/s1. The van der Waals surface area contributed by atoms with Gasteiger partial charge in [0.15, 0.2) is 25.0 Å². The van der Waals surface area contributed by atoms with E-state index >= 15 is 0 Å². The summed E-state index contributed by atoms with van der Waals surface area (Å²) in [6.45, 7) is 7.03. The molecule has 3 aromatic carbocycles. The van der Waals surface area contributed by atoms with Gasteiger partial charge in [-0.1, -0.05) is 91.0 Å². The van der Waals surface area contributed by atoms with Gasteiger partial charge >= 0.3 is 5.97 Å². The van der Waals surface area contributed by atoms with Gasteiger partial charge < -0.3 is 43.0 Å². The van der Waals surface area contributed by atoms with Gasteiger partial charge in [0.25, 0.3) is 23.6 Å². The number of amides is 4. The van der Waals surface area contributed by atoms with Crippen molar-refractivity contribution in [3.05, 3.63) is 130 Å². The molecule has 8 rings (SSSR count). The van der Waals surface area contributed by atoms with Crippen LogP contribution in [0.1, 0.15) is 57.6 Å². The molecule has 0 saturated carbocycles. The fraction of sp³-hybridized carbons (Fsp3) is 0.426. The van der Waals surface area contributed by atoms with E-state index in [-0.39, 0.29) is 48.7 Å². The van der Waals surface area contributed by atoms with Crippen LogP contribution in [0.2, 0.25) is 0 Å². The van der Waals surface area contributed by atoms with Crippen LogP contribution in [-0.4, -0.2) is 119 Å². The number of esters is 1. The molecule has 3 fully saturated rings. The highest BCUT2D eigenvalue weighted by atomic mass is 16.8. The Kier molecular flexibility index (Phi) is 13.1. The van der Waals surface area contributed by atoms with Gasteiger partial charge in [-0.2, -0.15) is 0 Å². The second-order valence-corrected chi connectivity index (χ2v) is 16.2. The van der Waals surface area contributed by atoms with Crippen LogP contribution in [0.3, 0.4) is 0 Å².